The van der Waals surface area contributed by atoms with E-state index in [0.717, 1.165) is 16.1 Å². The van der Waals surface area contributed by atoms with E-state index in [0.29, 0.717) is 0 Å². The summed E-state index contributed by atoms with van der Waals surface area (Å²) in [6.07, 6.45) is 1.68. The van der Waals surface area contributed by atoms with Gasteiger partial charge in [-0.3, -0.25) is 0 Å². The van der Waals surface area contributed by atoms with Crippen LogP contribution in [0.15, 0.2) is 30.9 Å². The standard InChI is InChI=1S/C10H12ClN/c1-3-9(12)8-6-4-5-7(2)10(8)11/h3-6,9H,1,12H2,2H3/t9-/m0/s1. The average Bonchev–Trinajstić information content (AvgIpc) is 2.08. The molecule has 1 rings (SSSR count). The summed E-state index contributed by atoms with van der Waals surface area (Å²) in [6, 6.07) is 5.65. The van der Waals surface area contributed by atoms with E-state index in [1.54, 1.807) is 6.08 Å². The first-order valence-corrected chi connectivity index (χ1v) is 4.17. The maximum absolute atomic E-state index is 6.04. The molecule has 0 aromatic heterocycles. The lowest BCUT2D eigenvalue weighted by molar-refractivity contribution is 0.912. The highest BCUT2D eigenvalue weighted by Gasteiger charge is 2.06. The van der Waals surface area contributed by atoms with Crippen LogP contribution in [0.1, 0.15) is 17.2 Å². The Kier molecular flexibility index (Phi) is 2.90. The fourth-order valence-electron chi connectivity index (χ4n) is 1.05. The summed E-state index contributed by atoms with van der Waals surface area (Å²) < 4.78 is 0. The first-order valence-electron chi connectivity index (χ1n) is 3.80. The summed E-state index contributed by atoms with van der Waals surface area (Å²) in [5.74, 6) is 0. The Morgan fingerprint density at radius 1 is 1.58 bits per heavy atom. The zero-order valence-corrected chi connectivity index (χ0v) is 7.81. The fraction of sp³-hybridized carbons (Fsp3) is 0.200. The van der Waals surface area contributed by atoms with Crippen LogP contribution >= 0.6 is 11.6 Å². The van der Waals surface area contributed by atoms with Crippen molar-refractivity contribution < 1.29 is 0 Å². The third-order valence-corrected chi connectivity index (χ3v) is 2.35. The number of rotatable bonds is 2. The van der Waals surface area contributed by atoms with E-state index in [-0.39, 0.29) is 6.04 Å². The van der Waals surface area contributed by atoms with Crippen LogP contribution in [0.2, 0.25) is 5.02 Å². The second kappa shape index (κ2) is 3.74. The van der Waals surface area contributed by atoms with E-state index in [4.69, 9.17) is 17.3 Å². The van der Waals surface area contributed by atoms with Crippen molar-refractivity contribution in [3.8, 4) is 0 Å². The van der Waals surface area contributed by atoms with E-state index >= 15 is 0 Å². The van der Waals surface area contributed by atoms with Gasteiger partial charge in [-0.1, -0.05) is 35.9 Å². The summed E-state index contributed by atoms with van der Waals surface area (Å²) in [4.78, 5) is 0. The van der Waals surface area contributed by atoms with Gasteiger partial charge in [0.15, 0.2) is 0 Å². The molecule has 1 aromatic rings. The molecule has 1 aromatic carbocycles. The monoisotopic (exact) mass is 181 g/mol. The van der Waals surface area contributed by atoms with Crippen molar-refractivity contribution in [3.63, 3.8) is 0 Å². The van der Waals surface area contributed by atoms with Gasteiger partial charge in [-0.25, -0.2) is 0 Å². The van der Waals surface area contributed by atoms with Gasteiger partial charge < -0.3 is 5.73 Å². The van der Waals surface area contributed by atoms with Gasteiger partial charge in [0.25, 0.3) is 0 Å². The van der Waals surface area contributed by atoms with Gasteiger partial charge in [-0.2, -0.15) is 0 Å². The van der Waals surface area contributed by atoms with Crippen molar-refractivity contribution in [1.29, 1.82) is 0 Å². The number of halogens is 1. The highest BCUT2D eigenvalue weighted by atomic mass is 35.5. The van der Waals surface area contributed by atoms with Gasteiger partial charge in [0.2, 0.25) is 0 Å². The van der Waals surface area contributed by atoms with Gasteiger partial charge in [-0.05, 0) is 18.1 Å². The Bertz CT molecular complexity index is 294. The lowest BCUT2D eigenvalue weighted by atomic mass is 10.1. The highest BCUT2D eigenvalue weighted by Crippen LogP contribution is 2.24. The number of hydrogen-bond acceptors (Lipinski definition) is 1. The summed E-state index contributed by atoms with van der Waals surface area (Å²) >= 11 is 6.04. The molecular weight excluding hydrogens is 170 g/mol. The Balaban J connectivity index is 3.15. The molecule has 0 unspecified atom stereocenters. The first kappa shape index (κ1) is 9.30. The molecule has 0 radical (unpaired) electrons. The molecule has 0 amide bonds. The molecule has 0 saturated heterocycles. The van der Waals surface area contributed by atoms with E-state index in [1.807, 2.05) is 25.1 Å². The minimum Gasteiger partial charge on any atom is -0.321 e. The number of aryl methyl sites for hydroxylation is 1. The highest BCUT2D eigenvalue weighted by molar-refractivity contribution is 6.32. The zero-order chi connectivity index (χ0) is 9.14. The lowest BCUT2D eigenvalue weighted by Gasteiger charge is -2.10. The molecule has 0 saturated carbocycles. The van der Waals surface area contributed by atoms with Crippen molar-refractivity contribution in [2.24, 2.45) is 5.73 Å². The molecule has 1 nitrogen and oxygen atoms in total. The van der Waals surface area contributed by atoms with Crippen molar-refractivity contribution in [2.75, 3.05) is 0 Å². The fourth-order valence-corrected chi connectivity index (χ4v) is 1.31. The molecule has 2 heteroatoms. The Morgan fingerprint density at radius 3 is 2.83 bits per heavy atom. The first-order chi connectivity index (χ1) is 5.66. The van der Waals surface area contributed by atoms with Crippen LogP contribution < -0.4 is 5.73 Å². The van der Waals surface area contributed by atoms with Crippen molar-refractivity contribution >= 4 is 11.6 Å². The average molecular weight is 182 g/mol. The van der Waals surface area contributed by atoms with Crippen LogP contribution in [0.5, 0.6) is 0 Å². The molecule has 64 valence electrons. The Labute approximate surface area is 77.8 Å². The quantitative estimate of drug-likeness (QED) is 0.698. The van der Waals surface area contributed by atoms with Gasteiger partial charge in [-0.15, -0.1) is 6.58 Å². The molecule has 0 aliphatic carbocycles. The third kappa shape index (κ3) is 1.68. The molecule has 2 N–H and O–H groups in total. The predicted octanol–water partition coefficient (Wildman–Crippen LogP) is 2.83. The number of hydrogen-bond donors (Lipinski definition) is 1. The van der Waals surface area contributed by atoms with Crippen molar-refractivity contribution in [1.82, 2.24) is 0 Å². The van der Waals surface area contributed by atoms with Gasteiger partial charge in [0.1, 0.15) is 0 Å². The molecule has 0 aliphatic rings. The van der Waals surface area contributed by atoms with Crippen LogP contribution in [-0.2, 0) is 0 Å². The molecular formula is C10H12ClN. The Morgan fingerprint density at radius 2 is 2.25 bits per heavy atom. The summed E-state index contributed by atoms with van der Waals surface area (Å²) in [7, 11) is 0. The lowest BCUT2D eigenvalue weighted by Crippen LogP contribution is -2.07. The molecule has 1 atom stereocenters. The van der Waals surface area contributed by atoms with E-state index in [1.165, 1.54) is 0 Å². The van der Waals surface area contributed by atoms with Crippen molar-refractivity contribution in [2.45, 2.75) is 13.0 Å². The maximum Gasteiger partial charge on any atom is 0.0493 e. The molecule has 0 aliphatic heterocycles. The number of benzene rings is 1. The van der Waals surface area contributed by atoms with E-state index in [9.17, 15) is 0 Å². The van der Waals surface area contributed by atoms with Gasteiger partial charge >= 0.3 is 0 Å². The van der Waals surface area contributed by atoms with Crippen LogP contribution in [0.3, 0.4) is 0 Å². The molecule has 0 fully saturated rings. The van der Waals surface area contributed by atoms with Crippen LogP contribution in [0.4, 0.5) is 0 Å². The zero-order valence-electron chi connectivity index (χ0n) is 7.05. The SMILES string of the molecule is C=C[C@H](N)c1cccc(C)c1Cl. The summed E-state index contributed by atoms with van der Waals surface area (Å²) in [6.45, 7) is 5.58. The van der Waals surface area contributed by atoms with Crippen LogP contribution in [0, 0.1) is 6.92 Å². The minimum absolute atomic E-state index is 0.169. The van der Waals surface area contributed by atoms with Crippen LogP contribution in [0.25, 0.3) is 0 Å². The van der Waals surface area contributed by atoms with Crippen molar-refractivity contribution in [3.05, 3.63) is 47.0 Å². The molecule has 0 spiro atoms. The molecule has 0 bridgehead atoms. The number of nitrogens with two attached hydrogens (primary N) is 1. The summed E-state index contributed by atoms with van der Waals surface area (Å²) in [5.41, 5.74) is 7.75. The second-order valence-electron chi connectivity index (χ2n) is 2.74. The summed E-state index contributed by atoms with van der Waals surface area (Å²) in [5, 5.41) is 0.741. The Hall–Kier alpha value is -0.790. The van der Waals surface area contributed by atoms with E-state index < -0.39 is 0 Å². The minimum atomic E-state index is -0.169. The van der Waals surface area contributed by atoms with Gasteiger partial charge in [0.05, 0.1) is 0 Å². The topological polar surface area (TPSA) is 26.0 Å². The third-order valence-electron chi connectivity index (χ3n) is 1.83. The normalized spacial score (nSPS) is 12.6. The molecule has 12 heavy (non-hydrogen) atoms. The maximum atomic E-state index is 6.04. The predicted molar refractivity (Wildman–Crippen MR) is 53.3 cm³/mol. The van der Waals surface area contributed by atoms with Gasteiger partial charge in [0, 0.05) is 11.1 Å². The largest absolute Gasteiger partial charge is 0.321 e. The van der Waals surface area contributed by atoms with Crippen LogP contribution in [-0.4, -0.2) is 0 Å². The van der Waals surface area contributed by atoms with E-state index in [2.05, 4.69) is 6.58 Å². The molecule has 0 heterocycles. The smallest absolute Gasteiger partial charge is 0.0493 e. The second-order valence-corrected chi connectivity index (χ2v) is 3.12.